The average molecular weight is 788 g/mol. The highest BCUT2D eigenvalue weighted by molar-refractivity contribution is 5.87. The maximum Gasteiger partial charge on any atom is 0.326 e. The van der Waals surface area contributed by atoms with Gasteiger partial charge in [-0.25, -0.2) is 4.79 Å². The van der Waals surface area contributed by atoms with Crippen LogP contribution in [0, 0.1) is 13.8 Å². The molecule has 0 radical (unpaired) electrons. The monoisotopic (exact) mass is 787 g/mol. The maximum absolute atomic E-state index is 14.4. The minimum absolute atomic E-state index is 0.0835. The predicted octanol–water partition coefficient (Wildman–Crippen LogP) is 9.15. The number of carbonyl (C=O) groups is 2. The Kier molecular flexibility index (Phi) is 11.7. The highest BCUT2D eigenvalue weighted by atomic mass is 16.6. The molecule has 8 rings (SSSR count). The summed E-state index contributed by atoms with van der Waals surface area (Å²) >= 11 is 0. The van der Waals surface area contributed by atoms with E-state index in [1.54, 1.807) is 6.20 Å². The molecule has 1 unspecified atom stereocenters. The fourth-order valence-electron chi connectivity index (χ4n) is 8.24. The van der Waals surface area contributed by atoms with E-state index in [9.17, 15) is 14.7 Å². The number of amides is 1. The van der Waals surface area contributed by atoms with Crippen LogP contribution in [-0.4, -0.2) is 45.6 Å². The lowest BCUT2D eigenvalue weighted by atomic mass is 9.89. The van der Waals surface area contributed by atoms with Crippen molar-refractivity contribution in [1.82, 2.24) is 15.2 Å². The van der Waals surface area contributed by atoms with E-state index in [2.05, 4.69) is 34.3 Å². The summed E-state index contributed by atoms with van der Waals surface area (Å²) < 4.78 is 18.9. The lowest BCUT2D eigenvalue weighted by Crippen LogP contribution is -2.55. The summed E-state index contributed by atoms with van der Waals surface area (Å²) in [6.07, 6.45) is 2.79. The second-order valence-electron chi connectivity index (χ2n) is 15.4. The Morgan fingerprint density at radius 1 is 0.864 bits per heavy atom. The van der Waals surface area contributed by atoms with Gasteiger partial charge in [-0.05, 0) is 107 Å². The van der Waals surface area contributed by atoms with Gasteiger partial charge >= 0.3 is 5.97 Å². The first kappa shape index (κ1) is 39.4. The van der Waals surface area contributed by atoms with Crippen molar-refractivity contribution < 1.29 is 28.9 Å². The van der Waals surface area contributed by atoms with E-state index >= 15 is 0 Å². The smallest absolute Gasteiger partial charge is 0.326 e. The quantitative estimate of drug-likeness (QED) is 0.119. The first-order chi connectivity index (χ1) is 28.7. The first-order valence-electron chi connectivity index (χ1n) is 20.3. The topological polar surface area (TPSA) is 110 Å². The first-order valence-corrected chi connectivity index (χ1v) is 20.3. The summed E-state index contributed by atoms with van der Waals surface area (Å²) in [6, 6.07) is 40.3. The van der Waals surface area contributed by atoms with Crippen molar-refractivity contribution in [2.45, 2.75) is 77.4 Å². The lowest BCUT2D eigenvalue weighted by Gasteiger charge is -2.42. The van der Waals surface area contributed by atoms with E-state index in [4.69, 9.17) is 14.2 Å². The van der Waals surface area contributed by atoms with Gasteiger partial charge in [0.05, 0.1) is 6.04 Å². The Bertz CT molecular complexity index is 2400. The van der Waals surface area contributed by atoms with E-state index in [1.807, 2.05) is 129 Å². The zero-order valence-electron chi connectivity index (χ0n) is 33.6. The van der Waals surface area contributed by atoms with Gasteiger partial charge in [-0.15, -0.1) is 0 Å². The molecule has 6 aromatic rings. The number of aromatic nitrogens is 1. The zero-order chi connectivity index (χ0) is 40.9. The highest BCUT2D eigenvalue weighted by Gasteiger charge is 2.38. The van der Waals surface area contributed by atoms with Crippen molar-refractivity contribution in [3.05, 3.63) is 178 Å². The summed E-state index contributed by atoms with van der Waals surface area (Å²) in [5.41, 5.74) is 10.2. The van der Waals surface area contributed by atoms with Crippen LogP contribution >= 0.6 is 0 Å². The van der Waals surface area contributed by atoms with Crippen LogP contribution in [0.2, 0.25) is 0 Å². The zero-order valence-corrected chi connectivity index (χ0v) is 33.6. The molecule has 300 valence electrons. The number of carboxylic acids is 1. The minimum Gasteiger partial charge on any atom is -0.489 e. The van der Waals surface area contributed by atoms with Gasteiger partial charge in [0.15, 0.2) is 17.6 Å². The van der Waals surface area contributed by atoms with Gasteiger partial charge in [0.2, 0.25) is 5.91 Å². The van der Waals surface area contributed by atoms with Crippen LogP contribution in [0.5, 0.6) is 17.2 Å². The van der Waals surface area contributed by atoms with Gasteiger partial charge in [-0.1, -0.05) is 104 Å². The van der Waals surface area contributed by atoms with Crippen LogP contribution in [-0.2, 0) is 35.6 Å². The molecule has 0 spiro atoms. The van der Waals surface area contributed by atoms with Crippen LogP contribution < -0.4 is 19.5 Å². The Hall–Kier alpha value is -6.45. The van der Waals surface area contributed by atoms with Gasteiger partial charge in [-0.2, -0.15) is 0 Å². The molecule has 59 heavy (non-hydrogen) atoms. The summed E-state index contributed by atoms with van der Waals surface area (Å²) in [5.74, 6) is 0.676. The standard InChI is InChI=1S/C50H49N3O6/c1-4-44(37-13-9-6-10-14-37)53-29-40-28-47-46(58-31-48(59-47)38-19-21-41(22-20-38)57-30-35-11-7-5-8-12-35)27-39(40)26-45(53)49(54)52-43(50(55)56)25-34-15-17-36(18-16-34)42-23-24-51-33(3)32(42)2/h5-24,27-28,43-45,48H,4,25-26,29-31H2,1-3H3,(H,52,54)(H,55,56)/t43?,44-,45-,48+/m0/s1. The number of pyridine rings is 1. The number of aliphatic carboxylic acids is 1. The Morgan fingerprint density at radius 3 is 2.29 bits per heavy atom. The molecule has 2 N–H and O–H groups in total. The SMILES string of the molecule is CC[C@@H](c1ccccc1)N1Cc2cc3c(cc2C[C@H]1C(=O)NC(Cc1ccc(-c2ccnc(C)c2C)cc1)C(=O)O)OC[C@H](c1ccc(OCc2ccccc2)cc1)O3. The number of nitrogens with one attached hydrogen (secondary N) is 1. The predicted molar refractivity (Wildman–Crippen MR) is 227 cm³/mol. The molecule has 2 aliphatic rings. The highest BCUT2D eigenvalue weighted by Crippen LogP contribution is 2.42. The van der Waals surface area contributed by atoms with Gasteiger partial charge in [0, 0.05) is 30.9 Å². The number of hydrogen-bond acceptors (Lipinski definition) is 7. The molecule has 1 aromatic heterocycles. The number of ether oxygens (including phenoxy) is 3. The number of carboxylic acid groups (broad SMARTS) is 1. The molecule has 5 aromatic carbocycles. The molecule has 2 aliphatic heterocycles. The lowest BCUT2D eigenvalue weighted by molar-refractivity contribution is -0.143. The number of benzene rings is 5. The van der Waals surface area contributed by atoms with Crippen LogP contribution in [0.1, 0.15) is 70.1 Å². The number of aryl methyl sites for hydroxylation is 1. The van der Waals surface area contributed by atoms with E-state index in [0.717, 1.165) is 67.9 Å². The molecule has 0 bridgehead atoms. The maximum atomic E-state index is 14.4. The van der Waals surface area contributed by atoms with Gasteiger partial charge in [-0.3, -0.25) is 14.7 Å². The van der Waals surface area contributed by atoms with E-state index in [-0.39, 0.29) is 24.5 Å². The molecule has 0 saturated carbocycles. The number of hydrogen-bond donors (Lipinski definition) is 2. The van der Waals surface area contributed by atoms with Crippen LogP contribution in [0.15, 0.2) is 134 Å². The fourth-order valence-corrected chi connectivity index (χ4v) is 8.24. The average Bonchev–Trinajstić information content (AvgIpc) is 3.26. The fraction of sp³-hybridized carbons (Fsp3) is 0.260. The molecule has 3 heterocycles. The third kappa shape index (κ3) is 8.86. The summed E-state index contributed by atoms with van der Waals surface area (Å²) in [4.78, 5) is 33.7. The van der Waals surface area contributed by atoms with Crippen molar-refractivity contribution >= 4 is 11.9 Å². The van der Waals surface area contributed by atoms with Gasteiger partial charge < -0.3 is 24.6 Å². The molecular weight excluding hydrogens is 739 g/mol. The Labute approximate surface area is 345 Å². The number of nitrogens with zero attached hydrogens (tertiary/aromatic N) is 2. The van der Waals surface area contributed by atoms with E-state index < -0.39 is 18.1 Å². The second-order valence-corrected chi connectivity index (χ2v) is 15.4. The molecule has 0 aliphatic carbocycles. The molecule has 0 saturated heterocycles. The third-order valence-corrected chi connectivity index (χ3v) is 11.6. The molecule has 9 heteroatoms. The summed E-state index contributed by atoms with van der Waals surface area (Å²) in [5, 5.41) is 13.3. The summed E-state index contributed by atoms with van der Waals surface area (Å²) in [6.45, 7) is 7.45. The normalized spacial score (nSPS) is 17.0. The second kappa shape index (κ2) is 17.6. The Morgan fingerprint density at radius 2 is 1.58 bits per heavy atom. The number of carbonyl (C=O) groups excluding carboxylic acids is 1. The van der Waals surface area contributed by atoms with Crippen molar-refractivity contribution in [2.24, 2.45) is 0 Å². The van der Waals surface area contributed by atoms with Gasteiger partial charge in [0.1, 0.15) is 25.0 Å². The van der Waals surface area contributed by atoms with Crippen molar-refractivity contribution in [3.63, 3.8) is 0 Å². The largest absolute Gasteiger partial charge is 0.489 e. The van der Waals surface area contributed by atoms with Gasteiger partial charge in [0.25, 0.3) is 0 Å². The third-order valence-electron chi connectivity index (χ3n) is 11.6. The van der Waals surface area contributed by atoms with Crippen LogP contribution in [0.25, 0.3) is 11.1 Å². The molecular formula is C50H49N3O6. The van der Waals surface area contributed by atoms with Crippen molar-refractivity contribution in [2.75, 3.05) is 6.61 Å². The van der Waals surface area contributed by atoms with E-state index in [0.29, 0.717) is 37.7 Å². The molecule has 9 nitrogen and oxygen atoms in total. The van der Waals surface area contributed by atoms with Crippen molar-refractivity contribution in [3.8, 4) is 28.4 Å². The summed E-state index contributed by atoms with van der Waals surface area (Å²) in [7, 11) is 0. The van der Waals surface area contributed by atoms with E-state index in [1.165, 1.54) is 0 Å². The Balaban J connectivity index is 1.00. The van der Waals surface area contributed by atoms with Crippen molar-refractivity contribution in [1.29, 1.82) is 0 Å². The molecule has 1 amide bonds. The van der Waals surface area contributed by atoms with Crippen LogP contribution in [0.4, 0.5) is 0 Å². The molecule has 4 atom stereocenters. The number of fused-ring (bicyclic) bond motifs is 2. The number of rotatable bonds is 13. The van der Waals surface area contributed by atoms with Crippen LogP contribution in [0.3, 0.4) is 0 Å². The molecule has 0 fully saturated rings. The minimum atomic E-state index is -1.11.